The van der Waals surface area contributed by atoms with Gasteiger partial charge < -0.3 is 10.0 Å². The second kappa shape index (κ2) is 6.26. The quantitative estimate of drug-likeness (QED) is 0.739. The summed E-state index contributed by atoms with van der Waals surface area (Å²) >= 11 is 0. The van der Waals surface area contributed by atoms with E-state index in [1.807, 2.05) is 24.3 Å². The largest absolute Gasteiger partial charge is 0.507 e. The molecule has 0 radical (unpaired) electrons. The minimum Gasteiger partial charge on any atom is -0.507 e. The zero-order valence-electron chi connectivity index (χ0n) is 13.7. The van der Waals surface area contributed by atoms with Gasteiger partial charge in [-0.05, 0) is 41.0 Å². The van der Waals surface area contributed by atoms with Crippen LogP contribution in [0.2, 0.25) is 0 Å². The van der Waals surface area contributed by atoms with E-state index in [1.165, 1.54) is 24.3 Å². The van der Waals surface area contributed by atoms with E-state index < -0.39 is 11.6 Å². The molecule has 0 unspecified atom stereocenters. The molecule has 0 aromatic heterocycles. The van der Waals surface area contributed by atoms with Crippen LogP contribution in [0.25, 0.3) is 11.1 Å². The summed E-state index contributed by atoms with van der Waals surface area (Å²) in [5, 5.41) is 10.1. The van der Waals surface area contributed by atoms with Crippen LogP contribution in [-0.2, 0) is 13.1 Å². The third-order valence-corrected chi connectivity index (χ3v) is 4.60. The average molecular weight is 351 g/mol. The number of carbonyl (C=O) groups excluding carboxylic acids is 1. The first-order chi connectivity index (χ1) is 12.5. The van der Waals surface area contributed by atoms with Crippen molar-refractivity contribution in [3.63, 3.8) is 0 Å². The molecule has 0 atom stereocenters. The molecule has 3 aromatic carbocycles. The maximum atomic E-state index is 14.1. The predicted octanol–water partition coefficient (Wildman–Crippen LogP) is 4.49. The average Bonchev–Trinajstić information content (AvgIpc) is 3.06. The molecular weight excluding hydrogens is 336 g/mol. The van der Waals surface area contributed by atoms with E-state index in [9.17, 15) is 18.7 Å². The van der Waals surface area contributed by atoms with Crippen molar-refractivity contribution in [2.24, 2.45) is 0 Å². The van der Waals surface area contributed by atoms with Crippen molar-refractivity contribution < 1.29 is 18.7 Å². The van der Waals surface area contributed by atoms with Gasteiger partial charge in [0.15, 0.2) is 0 Å². The lowest BCUT2D eigenvalue weighted by Crippen LogP contribution is -2.25. The first kappa shape index (κ1) is 16.3. The Labute approximate surface area is 149 Å². The van der Waals surface area contributed by atoms with Crippen molar-refractivity contribution in [3.8, 4) is 16.9 Å². The van der Waals surface area contributed by atoms with E-state index in [1.54, 1.807) is 4.90 Å². The summed E-state index contributed by atoms with van der Waals surface area (Å²) in [5.74, 6) is -1.89. The number of halogens is 2. The third-order valence-electron chi connectivity index (χ3n) is 4.60. The number of phenols is 1. The zero-order valence-corrected chi connectivity index (χ0v) is 13.7. The van der Waals surface area contributed by atoms with Gasteiger partial charge in [-0.3, -0.25) is 4.79 Å². The normalized spacial score (nSPS) is 12.9. The van der Waals surface area contributed by atoms with Gasteiger partial charge in [0.2, 0.25) is 0 Å². The summed E-state index contributed by atoms with van der Waals surface area (Å²) in [6.45, 7) is 0.924. The topological polar surface area (TPSA) is 40.5 Å². The highest BCUT2D eigenvalue weighted by Gasteiger charge is 2.26. The van der Waals surface area contributed by atoms with Crippen LogP contribution in [0.1, 0.15) is 21.5 Å². The molecule has 0 saturated carbocycles. The number of aromatic hydroxyl groups is 1. The lowest BCUT2D eigenvalue weighted by Gasteiger charge is -2.17. The number of nitrogens with zero attached hydrogens (tertiary/aromatic N) is 1. The molecule has 130 valence electrons. The highest BCUT2D eigenvalue weighted by atomic mass is 19.1. The number of carbonyl (C=O) groups is 1. The number of hydrogen-bond donors (Lipinski definition) is 1. The molecule has 0 fully saturated rings. The molecule has 0 bridgehead atoms. The van der Waals surface area contributed by atoms with E-state index in [-0.39, 0.29) is 22.8 Å². The molecule has 1 aliphatic rings. The number of amides is 1. The Morgan fingerprint density at radius 1 is 0.923 bits per heavy atom. The summed E-state index contributed by atoms with van der Waals surface area (Å²) in [5.41, 5.74) is 2.81. The van der Waals surface area contributed by atoms with Gasteiger partial charge in [0.1, 0.15) is 17.4 Å². The van der Waals surface area contributed by atoms with Crippen molar-refractivity contribution in [2.75, 3.05) is 0 Å². The molecule has 4 rings (SSSR count). The Morgan fingerprint density at radius 3 is 2.27 bits per heavy atom. The van der Waals surface area contributed by atoms with Crippen molar-refractivity contribution >= 4 is 5.91 Å². The fourth-order valence-corrected chi connectivity index (χ4v) is 3.25. The van der Waals surface area contributed by atoms with E-state index in [4.69, 9.17) is 0 Å². The van der Waals surface area contributed by atoms with E-state index in [0.717, 1.165) is 23.3 Å². The zero-order chi connectivity index (χ0) is 18.3. The van der Waals surface area contributed by atoms with Crippen LogP contribution in [0.5, 0.6) is 5.75 Å². The number of rotatable bonds is 2. The Hall–Kier alpha value is -3.21. The van der Waals surface area contributed by atoms with Crippen molar-refractivity contribution in [1.29, 1.82) is 0 Å². The van der Waals surface area contributed by atoms with Crippen LogP contribution in [0.3, 0.4) is 0 Å². The summed E-state index contributed by atoms with van der Waals surface area (Å²) in [7, 11) is 0. The minimum atomic E-state index is -0.720. The van der Waals surface area contributed by atoms with Gasteiger partial charge in [0.25, 0.3) is 5.91 Å². The second-order valence-corrected chi connectivity index (χ2v) is 6.29. The molecule has 26 heavy (non-hydrogen) atoms. The minimum absolute atomic E-state index is 0.0963. The monoisotopic (exact) mass is 351 g/mol. The maximum Gasteiger partial charge on any atom is 0.258 e. The van der Waals surface area contributed by atoms with Crippen molar-refractivity contribution in [2.45, 2.75) is 13.1 Å². The summed E-state index contributed by atoms with van der Waals surface area (Å²) in [4.78, 5) is 14.5. The van der Waals surface area contributed by atoms with Crippen LogP contribution in [0.15, 0.2) is 60.7 Å². The Bertz CT molecular complexity index is 992. The van der Waals surface area contributed by atoms with E-state index in [0.29, 0.717) is 18.7 Å². The predicted molar refractivity (Wildman–Crippen MR) is 93.5 cm³/mol. The molecule has 5 heteroatoms. The second-order valence-electron chi connectivity index (χ2n) is 6.29. The van der Waals surface area contributed by atoms with Crippen LogP contribution in [0.4, 0.5) is 8.78 Å². The maximum absolute atomic E-state index is 14.1. The van der Waals surface area contributed by atoms with Crippen molar-refractivity contribution in [3.05, 3.63) is 89.0 Å². The molecular formula is C21H15F2NO2. The van der Waals surface area contributed by atoms with Gasteiger partial charge in [0, 0.05) is 24.7 Å². The number of phenolic OH excluding ortho intramolecular Hbond substituents is 1. The molecule has 1 amide bonds. The van der Waals surface area contributed by atoms with Crippen LogP contribution < -0.4 is 0 Å². The standard InChI is InChI=1S/C21H15F2NO2/c22-16-6-7-17(19(23)10-16)13-5-8-20(25)18(9-13)21(26)24-11-14-3-1-2-4-15(14)12-24/h1-10,25H,11-12H2. The highest BCUT2D eigenvalue weighted by Crippen LogP contribution is 2.31. The third kappa shape index (κ3) is 2.81. The van der Waals surface area contributed by atoms with Gasteiger partial charge in [-0.15, -0.1) is 0 Å². The Balaban J connectivity index is 1.68. The lowest BCUT2D eigenvalue weighted by molar-refractivity contribution is 0.0748. The molecule has 1 aliphatic heterocycles. The first-order valence-corrected chi connectivity index (χ1v) is 8.17. The fraction of sp³-hybridized carbons (Fsp3) is 0.0952. The van der Waals surface area contributed by atoms with Gasteiger partial charge in [-0.2, -0.15) is 0 Å². The summed E-state index contributed by atoms with van der Waals surface area (Å²) in [6.07, 6.45) is 0. The lowest BCUT2D eigenvalue weighted by atomic mass is 10.0. The number of hydrogen-bond acceptors (Lipinski definition) is 2. The van der Waals surface area contributed by atoms with Crippen LogP contribution in [0, 0.1) is 11.6 Å². The molecule has 3 nitrogen and oxygen atoms in total. The highest BCUT2D eigenvalue weighted by molar-refractivity contribution is 5.98. The molecule has 0 aliphatic carbocycles. The van der Waals surface area contributed by atoms with Crippen LogP contribution >= 0.6 is 0 Å². The summed E-state index contributed by atoms with van der Waals surface area (Å²) < 4.78 is 27.2. The Morgan fingerprint density at radius 2 is 1.62 bits per heavy atom. The molecule has 0 saturated heterocycles. The molecule has 0 spiro atoms. The first-order valence-electron chi connectivity index (χ1n) is 8.17. The van der Waals surface area contributed by atoms with E-state index in [2.05, 4.69) is 0 Å². The van der Waals surface area contributed by atoms with Gasteiger partial charge >= 0.3 is 0 Å². The van der Waals surface area contributed by atoms with Crippen molar-refractivity contribution in [1.82, 2.24) is 4.90 Å². The van der Waals surface area contributed by atoms with Gasteiger partial charge in [-0.25, -0.2) is 8.78 Å². The smallest absolute Gasteiger partial charge is 0.258 e. The van der Waals surface area contributed by atoms with E-state index >= 15 is 0 Å². The van der Waals surface area contributed by atoms with Crippen LogP contribution in [-0.4, -0.2) is 15.9 Å². The van der Waals surface area contributed by atoms with Gasteiger partial charge in [-0.1, -0.05) is 30.3 Å². The molecule has 1 heterocycles. The fourth-order valence-electron chi connectivity index (χ4n) is 3.25. The number of fused-ring (bicyclic) bond motifs is 1. The molecule has 3 aromatic rings. The molecule has 1 N–H and O–H groups in total. The SMILES string of the molecule is O=C(c1cc(-c2ccc(F)cc2F)ccc1O)N1Cc2ccccc2C1. The van der Waals surface area contributed by atoms with Gasteiger partial charge in [0.05, 0.1) is 5.56 Å². The Kier molecular flexibility index (Phi) is 3.92. The summed E-state index contributed by atoms with van der Waals surface area (Å²) in [6, 6.07) is 15.3. The number of benzene rings is 3.